The molecule has 0 aliphatic carbocycles. The molecule has 0 radical (unpaired) electrons. The number of aliphatic hydroxyl groups is 1. The highest BCUT2D eigenvalue weighted by Gasteiger charge is 2.34. The number of carboxylic acids is 2. The van der Waals surface area contributed by atoms with Crippen LogP contribution in [-0.2, 0) is 30.4 Å². The van der Waals surface area contributed by atoms with Crippen LogP contribution in [0.2, 0.25) is 0 Å². The average Bonchev–Trinajstić information content (AvgIpc) is 3.26. The van der Waals surface area contributed by atoms with E-state index in [1.165, 1.54) is 6.92 Å². The van der Waals surface area contributed by atoms with Crippen molar-refractivity contribution in [3.05, 3.63) is 36.0 Å². The van der Waals surface area contributed by atoms with Crippen LogP contribution in [0.1, 0.15) is 39.2 Å². The van der Waals surface area contributed by atoms with E-state index in [9.17, 15) is 34.2 Å². The first kappa shape index (κ1) is 30.3. The number of amides is 3. The number of aromatic nitrogens is 1. The zero-order valence-electron chi connectivity index (χ0n) is 21.4. The van der Waals surface area contributed by atoms with E-state index in [1.54, 1.807) is 20.0 Å². The van der Waals surface area contributed by atoms with Crippen LogP contribution < -0.4 is 21.7 Å². The van der Waals surface area contributed by atoms with Gasteiger partial charge in [-0.3, -0.25) is 19.2 Å². The largest absolute Gasteiger partial charge is 0.481 e. The van der Waals surface area contributed by atoms with E-state index in [2.05, 4.69) is 20.9 Å². The number of benzene rings is 1. The number of carbonyl (C=O) groups is 5. The molecule has 208 valence electrons. The molecule has 38 heavy (non-hydrogen) atoms. The summed E-state index contributed by atoms with van der Waals surface area (Å²) in [4.78, 5) is 64.3. The summed E-state index contributed by atoms with van der Waals surface area (Å²) in [6.07, 6.45) is -0.00467. The van der Waals surface area contributed by atoms with Gasteiger partial charge in [-0.25, -0.2) is 4.79 Å². The zero-order valence-corrected chi connectivity index (χ0v) is 21.4. The molecular weight excluding hydrogens is 498 g/mol. The van der Waals surface area contributed by atoms with E-state index >= 15 is 0 Å². The summed E-state index contributed by atoms with van der Waals surface area (Å²) < 4.78 is 0. The van der Waals surface area contributed by atoms with Crippen molar-refractivity contribution in [2.75, 3.05) is 0 Å². The van der Waals surface area contributed by atoms with E-state index < -0.39 is 72.3 Å². The Morgan fingerprint density at radius 1 is 0.947 bits per heavy atom. The van der Waals surface area contributed by atoms with Gasteiger partial charge in [-0.05, 0) is 24.5 Å². The maximum atomic E-state index is 13.2. The zero-order chi connectivity index (χ0) is 28.6. The summed E-state index contributed by atoms with van der Waals surface area (Å²) in [6, 6.07) is 1.83. The maximum Gasteiger partial charge on any atom is 0.326 e. The number of aromatic amines is 1. The molecule has 0 saturated carbocycles. The number of hydrogen-bond donors (Lipinski definition) is 8. The van der Waals surface area contributed by atoms with Crippen LogP contribution in [-0.4, -0.2) is 80.2 Å². The van der Waals surface area contributed by atoms with Gasteiger partial charge in [0.05, 0.1) is 18.6 Å². The second kappa shape index (κ2) is 13.5. The van der Waals surface area contributed by atoms with E-state index in [1.807, 2.05) is 24.3 Å². The maximum absolute atomic E-state index is 13.2. The van der Waals surface area contributed by atoms with Gasteiger partial charge in [0.1, 0.15) is 18.1 Å². The highest BCUT2D eigenvalue weighted by Crippen LogP contribution is 2.19. The standard InChI is InChI=1S/C25H35N5O8/c1-4-12(2)20(29-24(36)21(13(3)31)30-22(34)16(26)10-19(32)33)23(35)28-18(25(37)38)9-14-11-27-17-8-6-5-7-15(14)17/h5-8,11-13,16,18,20-21,27,31H,4,9-10,26H2,1-3H3,(H,28,35)(H,29,36)(H,30,34)(H,32,33)(H,37,38). The molecule has 0 aliphatic heterocycles. The number of rotatable bonds is 14. The highest BCUT2D eigenvalue weighted by molar-refractivity contribution is 5.95. The topological polar surface area (TPSA) is 224 Å². The predicted molar refractivity (Wildman–Crippen MR) is 137 cm³/mol. The van der Waals surface area contributed by atoms with Crippen LogP contribution in [0.15, 0.2) is 30.5 Å². The van der Waals surface area contributed by atoms with Crippen LogP contribution in [0.5, 0.6) is 0 Å². The van der Waals surface area contributed by atoms with Gasteiger partial charge in [0.15, 0.2) is 0 Å². The van der Waals surface area contributed by atoms with Gasteiger partial charge in [-0.1, -0.05) is 38.5 Å². The number of para-hydroxylation sites is 1. The smallest absolute Gasteiger partial charge is 0.326 e. The third kappa shape index (κ3) is 8.02. The van der Waals surface area contributed by atoms with Crippen molar-refractivity contribution >= 4 is 40.6 Å². The molecule has 2 aromatic rings. The minimum absolute atomic E-state index is 0.0138. The molecule has 0 spiro atoms. The van der Waals surface area contributed by atoms with Crippen molar-refractivity contribution in [3.63, 3.8) is 0 Å². The van der Waals surface area contributed by atoms with Gasteiger partial charge >= 0.3 is 11.9 Å². The third-order valence-corrected chi connectivity index (χ3v) is 6.30. The molecule has 13 heteroatoms. The molecule has 13 nitrogen and oxygen atoms in total. The Hall–Kier alpha value is -3.97. The molecule has 6 atom stereocenters. The van der Waals surface area contributed by atoms with Crippen LogP contribution in [0.25, 0.3) is 10.9 Å². The second-order valence-corrected chi connectivity index (χ2v) is 9.27. The Morgan fingerprint density at radius 2 is 1.55 bits per heavy atom. The van der Waals surface area contributed by atoms with Crippen molar-refractivity contribution in [2.45, 2.75) is 70.3 Å². The van der Waals surface area contributed by atoms with Crippen LogP contribution in [0.3, 0.4) is 0 Å². The lowest BCUT2D eigenvalue weighted by Crippen LogP contribution is -2.61. The second-order valence-electron chi connectivity index (χ2n) is 9.27. The van der Waals surface area contributed by atoms with Gasteiger partial charge in [0, 0.05) is 23.5 Å². The summed E-state index contributed by atoms with van der Waals surface area (Å²) in [5.74, 6) is -5.67. The molecule has 1 aromatic carbocycles. The summed E-state index contributed by atoms with van der Waals surface area (Å²) in [5.41, 5.74) is 7.03. The molecule has 6 unspecified atom stereocenters. The van der Waals surface area contributed by atoms with E-state index in [0.29, 0.717) is 12.0 Å². The van der Waals surface area contributed by atoms with Crippen molar-refractivity contribution in [2.24, 2.45) is 11.7 Å². The van der Waals surface area contributed by atoms with E-state index in [0.717, 1.165) is 10.9 Å². The Labute approximate surface area is 219 Å². The molecule has 0 aliphatic rings. The van der Waals surface area contributed by atoms with Crippen molar-refractivity contribution in [1.29, 1.82) is 0 Å². The number of carbonyl (C=O) groups excluding carboxylic acids is 3. The highest BCUT2D eigenvalue weighted by atomic mass is 16.4. The number of aliphatic carboxylic acids is 2. The molecule has 3 amide bonds. The van der Waals surface area contributed by atoms with Crippen molar-refractivity contribution in [3.8, 4) is 0 Å². The van der Waals surface area contributed by atoms with Crippen molar-refractivity contribution < 1.29 is 39.3 Å². The number of fused-ring (bicyclic) bond motifs is 1. The van der Waals surface area contributed by atoms with E-state index in [4.69, 9.17) is 10.8 Å². The fraction of sp³-hybridized carbons (Fsp3) is 0.480. The molecule has 0 bridgehead atoms. The summed E-state index contributed by atoms with van der Waals surface area (Å²) in [6.45, 7) is 4.68. The summed E-state index contributed by atoms with van der Waals surface area (Å²) in [7, 11) is 0. The van der Waals surface area contributed by atoms with Gasteiger partial charge in [0.2, 0.25) is 17.7 Å². The van der Waals surface area contributed by atoms with Crippen LogP contribution in [0.4, 0.5) is 0 Å². The summed E-state index contributed by atoms with van der Waals surface area (Å²) in [5, 5.41) is 36.7. The number of hydrogen-bond acceptors (Lipinski definition) is 7. The first-order valence-corrected chi connectivity index (χ1v) is 12.2. The quantitative estimate of drug-likeness (QED) is 0.156. The van der Waals surface area contributed by atoms with Gasteiger partial charge in [-0.15, -0.1) is 0 Å². The monoisotopic (exact) mass is 533 g/mol. The number of carboxylic acid groups (broad SMARTS) is 2. The molecule has 1 heterocycles. The normalized spacial score (nSPS) is 15.9. The number of H-pyrrole nitrogens is 1. The van der Waals surface area contributed by atoms with Crippen LogP contribution >= 0.6 is 0 Å². The van der Waals surface area contributed by atoms with Crippen molar-refractivity contribution in [1.82, 2.24) is 20.9 Å². The molecule has 9 N–H and O–H groups in total. The molecule has 2 rings (SSSR count). The number of nitrogens with two attached hydrogens (primary N) is 1. The molecule has 0 saturated heterocycles. The Bertz CT molecular complexity index is 1160. The Balaban J connectivity index is 2.18. The fourth-order valence-corrected chi connectivity index (χ4v) is 3.87. The molecular formula is C25H35N5O8. The minimum atomic E-state index is -1.54. The lowest BCUT2D eigenvalue weighted by atomic mass is 9.96. The predicted octanol–water partition coefficient (Wildman–Crippen LogP) is -0.522. The summed E-state index contributed by atoms with van der Waals surface area (Å²) >= 11 is 0. The lowest BCUT2D eigenvalue weighted by Gasteiger charge is -2.29. The SMILES string of the molecule is CCC(C)C(NC(=O)C(NC(=O)C(N)CC(=O)O)C(C)O)C(=O)NC(Cc1c[nH]c2ccccc12)C(=O)O. The first-order valence-electron chi connectivity index (χ1n) is 12.2. The van der Waals surface area contributed by atoms with E-state index in [-0.39, 0.29) is 6.42 Å². The minimum Gasteiger partial charge on any atom is -0.481 e. The Kier molecular flexibility index (Phi) is 10.8. The third-order valence-electron chi connectivity index (χ3n) is 6.30. The van der Waals surface area contributed by atoms with Crippen LogP contribution in [0, 0.1) is 5.92 Å². The lowest BCUT2D eigenvalue weighted by molar-refractivity contribution is -0.142. The van der Waals surface area contributed by atoms with Gasteiger partial charge in [0.25, 0.3) is 0 Å². The Morgan fingerprint density at radius 3 is 2.13 bits per heavy atom. The fourth-order valence-electron chi connectivity index (χ4n) is 3.87. The molecule has 1 aromatic heterocycles. The number of nitrogens with one attached hydrogen (secondary N) is 4. The average molecular weight is 534 g/mol. The van der Waals surface area contributed by atoms with Gasteiger partial charge < -0.3 is 42.0 Å². The number of aliphatic hydroxyl groups excluding tert-OH is 1. The van der Waals surface area contributed by atoms with Gasteiger partial charge in [-0.2, -0.15) is 0 Å². The first-order chi connectivity index (χ1) is 17.8. The molecule has 0 fully saturated rings.